The van der Waals surface area contributed by atoms with Crippen LogP contribution in [0.2, 0.25) is 0 Å². The maximum absolute atomic E-state index is 10.5. The summed E-state index contributed by atoms with van der Waals surface area (Å²) in [5.41, 5.74) is -0.178. The van der Waals surface area contributed by atoms with Gasteiger partial charge in [-0.15, -0.1) is 0 Å². The van der Waals surface area contributed by atoms with E-state index < -0.39 is 4.92 Å². The van der Waals surface area contributed by atoms with Crippen molar-refractivity contribution in [2.24, 2.45) is 0 Å². The number of aromatic hydroxyl groups is 1. The fraction of sp³-hybridized carbons (Fsp3) is 0. The van der Waals surface area contributed by atoms with Crippen molar-refractivity contribution in [3.05, 3.63) is 58.6 Å². The fourth-order valence-electron chi connectivity index (χ4n) is 1.32. The Hall–Kier alpha value is -2.56. The first-order chi connectivity index (χ1) is 8.16. The third-order valence-electron chi connectivity index (χ3n) is 2.12. The zero-order valence-electron chi connectivity index (χ0n) is 8.74. The van der Waals surface area contributed by atoms with E-state index in [0.717, 1.165) is 6.07 Å². The van der Waals surface area contributed by atoms with Gasteiger partial charge < -0.3 is 9.84 Å². The number of ether oxygens (including phenoxy) is 1. The minimum atomic E-state index is -0.577. The van der Waals surface area contributed by atoms with E-state index in [1.807, 2.05) is 6.07 Å². The summed E-state index contributed by atoms with van der Waals surface area (Å²) in [6.45, 7) is 0. The summed E-state index contributed by atoms with van der Waals surface area (Å²) >= 11 is 0. The molecule has 2 aromatic rings. The second-order valence-corrected chi connectivity index (χ2v) is 3.32. The molecule has 0 aliphatic rings. The molecular formula is C12H9NO4. The average Bonchev–Trinajstić information content (AvgIpc) is 2.33. The molecule has 0 aliphatic carbocycles. The number of non-ortho nitro benzene ring substituents is 1. The average molecular weight is 231 g/mol. The summed E-state index contributed by atoms with van der Waals surface area (Å²) in [7, 11) is 0. The van der Waals surface area contributed by atoms with E-state index in [4.69, 9.17) is 4.74 Å². The quantitative estimate of drug-likeness (QED) is 0.650. The molecule has 0 amide bonds. The molecule has 2 rings (SSSR count). The van der Waals surface area contributed by atoms with Gasteiger partial charge in [0.2, 0.25) is 0 Å². The van der Waals surface area contributed by atoms with Gasteiger partial charge >= 0.3 is 0 Å². The SMILES string of the molecule is O=[N+]([O-])c1ccc(Oc2ccccc2)c(O)c1. The molecule has 17 heavy (non-hydrogen) atoms. The third-order valence-corrected chi connectivity index (χ3v) is 2.12. The molecule has 0 bridgehead atoms. The number of para-hydroxylation sites is 1. The Morgan fingerprint density at radius 1 is 1.12 bits per heavy atom. The van der Waals surface area contributed by atoms with Crippen molar-refractivity contribution in [1.29, 1.82) is 0 Å². The van der Waals surface area contributed by atoms with Crippen molar-refractivity contribution in [3.63, 3.8) is 0 Å². The second-order valence-electron chi connectivity index (χ2n) is 3.32. The molecule has 0 aliphatic heterocycles. The number of nitro groups is 1. The maximum atomic E-state index is 10.5. The number of phenols is 1. The highest BCUT2D eigenvalue weighted by Crippen LogP contribution is 2.33. The highest BCUT2D eigenvalue weighted by Gasteiger charge is 2.11. The van der Waals surface area contributed by atoms with Crippen LogP contribution < -0.4 is 4.74 Å². The highest BCUT2D eigenvalue weighted by molar-refractivity contribution is 5.49. The van der Waals surface area contributed by atoms with Crippen molar-refractivity contribution < 1.29 is 14.8 Å². The molecular weight excluding hydrogens is 222 g/mol. The monoisotopic (exact) mass is 231 g/mol. The largest absolute Gasteiger partial charge is 0.504 e. The van der Waals surface area contributed by atoms with E-state index in [-0.39, 0.29) is 17.2 Å². The van der Waals surface area contributed by atoms with Gasteiger partial charge in [0.15, 0.2) is 11.5 Å². The van der Waals surface area contributed by atoms with Gasteiger partial charge in [-0.2, -0.15) is 0 Å². The van der Waals surface area contributed by atoms with Gasteiger partial charge in [0.05, 0.1) is 11.0 Å². The molecule has 0 fully saturated rings. The smallest absolute Gasteiger partial charge is 0.273 e. The Kier molecular flexibility index (Phi) is 2.91. The summed E-state index contributed by atoms with van der Waals surface area (Å²) in [6.07, 6.45) is 0. The van der Waals surface area contributed by atoms with Crippen LogP contribution in [0.5, 0.6) is 17.2 Å². The molecule has 0 spiro atoms. The molecule has 0 atom stereocenters. The lowest BCUT2D eigenvalue weighted by Crippen LogP contribution is -1.89. The van der Waals surface area contributed by atoms with Crippen LogP contribution in [-0.4, -0.2) is 10.0 Å². The molecule has 0 unspecified atom stereocenters. The van der Waals surface area contributed by atoms with Crippen molar-refractivity contribution in [3.8, 4) is 17.2 Å². The van der Waals surface area contributed by atoms with E-state index in [2.05, 4.69) is 0 Å². The van der Waals surface area contributed by atoms with Crippen molar-refractivity contribution in [2.45, 2.75) is 0 Å². The number of phenolic OH excluding ortho intramolecular Hbond substituents is 1. The summed E-state index contributed by atoms with van der Waals surface area (Å²) in [4.78, 5) is 9.90. The lowest BCUT2D eigenvalue weighted by Gasteiger charge is -2.06. The zero-order chi connectivity index (χ0) is 12.3. The molecule has 0 aromatic heterocycles. The minimum absolute atomic E-state index is 0.178. The normalized spacial score (nSPS) is 9.88. The first kappa shape index (κ1) is 10.9. The van der Waals surface area contributed by atoms with Crippen LogP contribution >= 0.6 is 0 Å². The van der Waals surface area contributed by atoms with E-state index >= 15 is 0 Å². The Balaban J connectivity index is 2.26. The number of hydrogen-bond acceptors (Lipinski definition) is 4. The van der Waals surface area contributed by atoms with Gasteiger partial charge in [-0.1, -0.05) is 18.2 Å². The summed E-state index contributed by atoms with van der Waals surface area (Å²) in [5, 5.41) is 20.0. The lowest BCUT2D eigenvalue weighted by atomic mass is 10.3. The predicted octanol–water partition coefficient (Wildman–Crippen LogP) is 3.09. The van der Waals surface area contributed by atoms with Crippen LogP contribution in [0.1, 0.15) is 0 Å². The van der Waals surface area contributed by atoms with Crippen LogP contribution in [0.3, 0.4) is 0 Å². The zero-order valence-corrected chi connectivity index (χ0v) is 8.74. The Labute approximate surface area is 97.0 Å². The molecule has 0 saturated carbocycles. The van der Waals surface area contributed by atoms with E-state index in [1.165, 1.54) is 12.1 Å². The maximum Gasteiger partial charge on any atom is 0.273 e. The number of nitrogens with zero attached hydrogens (tertiary/aromatic N) is 1. The van der Waals surface area contributed by atoms with E-state index in [0.29, 0.717) is 5.75 Å². The Bertz CT molecular complexity index is 539. The first-order valence-electron chi connectivity index (χ1n) is 4.87. The standard InChI is InChI=1S/C12H9NO4/c14-11-8-9(13(15)16)6-7-12(11)17-10-4-2-1-3-5-10/h1-8,14H. The summed E-state index contributed by atoms with van der Waals surface area (Å²) < 4.78 is 5.37. The Morgan fingerprint density at radius 2 is 1.82 bits per heavy atom. The molecule has 2 aromatic carbocycles. The summed E-state index contributed by atoms with van der Waals surface area (Å²) in [6, 6.07) is 12.6. The fourth-order valence-corrected chi connectivity index (χ4v) is 1.32. The van der Waals surface area contributed by atoms with Crippen LogP contribution in [0.15, 0.2) is 48.5 Å². The predicted molar refractivity (Wildman–Crippen MR) is 61.3 cm³/mol. The highest BCUT2D eigenvalue weighted by atomic mass is 16.6. The number of hydrogen-bond donors (Lipinski definition) is 1. The van der Waals surface area contributed by atoms with Crippen LogP contribution in [0, 0.1) is 10.1 Å². The van der Waals surface area contributed by atoms with Crippen LogP contribution in [-0.2, 0) is 0 Å². The minimum Gasteiger partial charge on any atom is -0.504 e. The second kappa shape index (κ2) is 4.52. The molecule has 86 valence electrons. The van der Waals surface area contributed by atoms with E-state index in [9.17, 15) is 15.2 Å². The Morgan fingerprint density at radius 3 is 2.41 bits per heavy atom. The molecule has 0 saturated heterocycles. The third kappa shape index (κ3) is 2.52. The van der Waals surface area contributed by atoms with E-state index in [1.54, 1.807) is 24.3 Å². The molecule has 5 nitrogen and oxygen atoms in total. The van der Waals surface area contributed by atoms with Crippen molar-refractivity contribution in [1.82, 2.24) is 0 Å². The molecule has 0 radical (unpaired) electrons. The van der Waals surface area contributed by atoms with Gasteiger partial charge in [-0.05, 0) is 18.2 Å². The van der Waals surface area contributed by atoms with Crippen molar-refractivity contribution in [2.75, 3.05) is 0 Å². The van der Waals surface area contributed by atoms with Crippen LogP contribution in [0.25, 0.3) is 0 Å². The number of benzene rings is 2. The van der Waals surface area contributed by atoms with Gasteiger partial charge in [0.1, 0.15) is 5.75 Å². The van der Waals surface area contributed by atoms with Crippen LogP contribution in [0.4, 0.5) is 5.69 Å². The number of nitro benzene ring substituents is 1. The van der Waals surface area contributed by atoms with Crippen molar-refractivity contribution >= 4 is 5.69 Å². The molecule has 0 heterocycles. The summed E-state index contributed by atoms with van der Waals surface area (Å²) in [5.74, 6) is 0.474. The van der Waals surface area contributed by atoms with Gasteiger partial charge in [0, 0.05) is 6.07 Å². The molecule has 5 heteroatoms. The first-order valence-corrected chi connectivity index (χ1v) is 4.87. The molecule has 1 N–H and O–H groups in total. The lowest BCUT2D eigenvalue weighted by molar-refractivity contribution is -0.384. The topological polar surface area (TPSA) is 72.6 Å². The van der Waals surface area contributed by atoms with Gasteiger partial charge in [-0.25, -0.2) is 0 Å². The van der Waals surface area contributed by atoms with Gasteiger partial charge in [-0.3, -0.25) is 10.1 Å². The van der Waals surface area contributed by atoms with Gasteiger partial charge in [0.25, 0.3) is 5.69 Å². The number of rotatable bonds is 3.